The summed E-state index contributed by atoms with van der Waals surface area (Å²) in [4.78, 5) is 48.4. The molecule has 0 aromatic rings. The number of esters is 4. The molecular formula is C88H120O8. The molecule has 44 unspecified atom stereocenters. The first-order chi connectivity index (χ1) is 46.3. The van der Waals surface area contributed by atoms with Crippen LogP contribution in [0.15, 0.2) is 49.6 Å². The van der Waals surface area contributed by atoms with Crippen molar-refractivity contribution in [3.63, 3.8) is 0 Å². The van der Waals surface area contributed by atoms with Crippen molar-refractivity contribution >= 4 is 23.9 Å². The molecule has 24 fully saturated rings. The van der Waals surface area contributed by atoms with Crippen LogP contribution in [0.4, 0.5) is 0 Å². The van der Waals surface area contributed by atoms with Crippen LogP contribution in [0.5, 0.6) is 0 Å². The van der Waals surface area contributed by atoms with Gasteiger partial charge in [0.15, 0.2) is 0 Å². The Kier molecular flexibility index (Phi) is 13.3. The average molecular weight is 1310 g/mol. The van der Waals surface area contributed by atoms with Crippen molar-refractivity contribution in [1.29, 1.82) is 0 Å². The molecule has 44 atom stereocenters. The molecule has 0 saturated heterocycles. The largest absolute Gasteiger partial charge is 0.456 e. The van der Waals surface area contributed by atoms with E-state index in [-0.39, 0.29) is 46.3 Å². The third-order valence-electron chi connectivity index (χ3n) is 39.3. The zero-order valence-electron chi connectivity index (χ0n) is 59.7. The summed E-state index contributed by atoms with van der Waals surface area (Å²) in [6.45, 7) is 27.3. The van der Waals surface area contributed by atoms with Gasteiger partial charge in [-0.1, -0.05) is 40.2 Å². The maximum Gasteiger partial charge on any atom is 0.333 e. The lowest BCUT2D eigenvalue weighted by atomic mass is 9.57. The van der Waals surface area contributed by atoms with Gasteiger partial charge in [-0.2, -0.15) is 0 Å². The molecule has 0 aromatic carbocycles. The van der Waals surface area contributed by atoms with Crippen LogP contribution in [0.2, 0.25) is 0 Å². The summed E-state index contributed by atoms with van der Waals surface area (Å²) in [5.41, 5.74) is 0.382. The molecule has 24 bridgehead atoms. The highest BCUT2D eigenvalue weighted by Crippen LogP contribution is 2.83. The predicted octanol–water partition coefficient (Wildman–Crippen LogP) is 17.8. The minimum atomic E-state index is -0.211. The second kappa shape index (κ2) is 20.8. The molecular weight excluding hydrogens is 1180 g/mol. The highest BCUT2D eigenvalue weighted by molar-refractivity contribution is 5.88. The zero-order valence-corrected chi connectivity index (χ0v) is 59.7. The van der Waals surface area contributed by atoms with E-state index in [2.05, 4.69) is 54.0 Å². The number of carbonyl (C=O) groups is 4. The van der Waals surface area contributed by atoms with Crippen molar-refractivity contribution in [1.82, 2.24) is 0 Å². The highest BCUT2D eigenvalue weighted by atomic mass is 16.6. The molecule has 8 nitrogen and oxygen atoms in total. The van der Waals surface area contributed by atoms with Gasteiger partial charge in [-0.25, -0.2) is 19.2 Å². The van der Waals surface area contributed by atoms with E-state index in [1.807, 2.05) is 0 Å². The minimum Gasteiger partial charge on any atom is -0.456 e. The van der Waals surface area contributed by atoms with E-state index in [4.69, 9.17) is 18.9 Å². The Morgan fingerprint density at radius 3 is 0.885 bits per heavy atom. The van der Waals surface area contributed by atoms with E-state index in [1.54, 1.807) is 39.5 Å². The summed E-state index contributed by atoms with van der Waals surface area (Å²) < 4.78 is 24.2. The molecule has 24 rings (SSSR count). The fraction of sp³-hybridized carbons (Fsp3) is 0.864. The molecule has 0 heterocycles. The van der Waals surface area contributed by atoms with E-state index in [9.17, 15) is 19.2 Å². The van der Waals surface area contributed by atoms with Crippen LogP contribution >= 0.6 is 0 Å². The summed E-state index contributed by atoms with van der Waals surface area (Å²) in [6.07, 6.45) is 39.1. The van der Waals surface area contributed by atoms with Crippen LogP contribution in [-0.2, 0) is 38.1 Å². The molecule has 520 valence electrons. The van der Waals surface area contributed by atoms with Crippen LogP contribution in [0.1, 0.15) is 208 Å². The number of ether oxygens (including phenoxy) is 4. The maximum absolute atomic E-state index is 12.4. The number of fused-ring (bicyclic) bond motifs is 64. The minimum absolute atomic E-state index is 0.146. The summed E-state index contributed by atoms with van der Waals surface area (Å²) >= 11 is 0. The van der Waals surface area contributed by atoms with Crippen LogP contribution in [-0.4, -0.2) is 46.3 Å². The quantitative estimate of drug-likeness (QED) is 0.0922. The molecule has 24 aliphatic rings. The average Bonchev–Trinajstić information content (AvgIpc) is 1.53. The van der Waals surface area contributed by atoms with E-state index in [0.29, 0.717) is 34.8 Å². The monoisotopic (exact) mass is 1300 g/mol. The van der Waals surface area contributed by atoms with E-state index >= 15 is 0 Å². The third kappa shape index (κ3) is 7.79. The molecule has 0 N–H and O–H groups in total. The molecule has 96 heavy (non-hydrogen) atoms. The Hall–Kier alpha value is -3.16. The van der Waals surface area contributed by atoms with Gasteiger partial charge >= 0.3 is 23.9 Å². The normalized spacial score (nSPS) is 61.2. The molecule has 0 aliphatic heterocycles. The van der Waals surface area contributed by atoms with Gasteiger partial charge in [0.2, 0.25) is 0 Å². The third-order valence-corrected chi connectivity index (χ3v) is 39.3. The fourth-order valence-corrected chi connectivity index (χ4v) is 38.6. The van der Waals surface area contributed by atoms with Crippen molar-refractivity contribution in [3.8, 4) is 0 Å². The van der Waals surface area contributed by atoms with Gasteiger partial charge in [-0.15, -0.1) is 0 Å². The Labute approximate surface area is 576 Å². The summed E-state index contributed by atoms with van der Waals surface area (Å²) in [5.74, 6) is 37.9. The van der Waals surface area contributed by atoms with E-state index < -0.39 is 0 Å². The lowest BCUT2D eigenvalue weighted by molar-refractivity contribution is -0.170. The van der Waals surface area contributed by atoms with Crippen LogP contribution in [0.3, 0.4) is 0 Å². The molecule has 0 aromatic heterocycles. The number of hydrogen-bond donors (Lipinski definition) is 0. The first kappa shape index (κ1) is 61.5. The number of hydrogen-bond acceptors (Lipinski definition) is 8. The Morgan fingerprint density at radius 2 is 0.573 bits per heavy atom. The summed E-state index contributed by atoms with van der Waals surface area (Å²) in [6, 6.07) is 0. The first-order valence-electron chi connectivity index (χ1n) is 41.8. The van der Waals surface area contributed by atoms with Crippen molar-refractivity contribution in [2.45, 2.75) is 231 Å². The molecule has 0 radical (unpaired) electrons. The lowest BCUT2D eigenvalue weighted by Gasteiger charge is -2.50. The van der Waals surface area contributed by atoms with Crippen LogP contribution < -0.4 is 0 Å². The van der Waals surface area contributed by atoms with Gasteiger partial charge in [0.05, 0.1) is 0 Å². The van der Waals surface area contributed by atoms with Gasteiger partial charge in [0.25, 0.3) is 0 Å². The Balaban J connectivity index is 0.0000000850. The standard InChI is InChI=1S/C23H32O2.2C22H30O2.C21H28O2/c1-4-23(25-22(24)11(2)3)10-14-8-17(23)21-16-9-15(20(14)21)18-12-5-6-13(7-12)19(16)18;1-10(2)21(23)24-22(3)9-13-7-16(22)20-15-8-14(19(13)20)17-11-4-5-12(6-11)18(15)17;1-3-17(23)24-22(4-2)10-13-8-16(22)21-15-9-14(20(13)21)18-11-5-6-12(7-11)19(15)18;1-3-16(22)23-21(2)9-12-7-15(21)20-14-8-13(19(12)20)17-10-4-5-11(6-10)18(14)17/h12-21H,2,4-10H2,1,3H3;11-20H,1,4-9H2,2-3H3;3,11-16,18-21H,1,4-10H2,2H3;3,10-15,17-20H,1,4-9H2,2H3. The van der Waals surface area contributed by atoms with Gasteiger partial charge in [-0.3, -0.25) is 0 Å². The van der Waals surface area contributed by atoms with E-state index in [0.717, 1.165) is 252 Å². The molecule has 0 amide bonds. The second-order valence-corrected chi connectivity index (χ2v) is 41.1. The van der Waals surface area contributed by atoms with Gasteiger partial charge < -0.3 is 18.9 Å². The Morgan fingerprint density at radius 1 is 0.323 bits per heavy atom. The van der Waals surface area contributed by atoms with Crippen LogP contribution in [0, 0.1) is 237 Å². The molecule has 8 heteroatoms. The topological polar surface area (TPSA) is 105 Å². The van der Waals surface area contributed by atoms with Crippen molar-refractivity contribution in [3.05, 3.63) is 49.6 Å². The fourth-order valence-electron chi connectivity index (χ4n) is 38.6. The highest BCUT2D eigenvalue weighted by Gasteiger charge is 2.79. The summed E-state index contributed by atoms with van der Waals surface area (Å²) in [7, 11) is 0. The number of rotatable bonds is 10. The molecule has 24 aliphatic carbocycles. The van der Waals surface area contributed by atoms with Gasteiger partial charge in [0, 0.05) is 47.0 Å². The zero-order chi connectivity index (χ0) is 65.2. The lowest BCUT2D eigenvalue weighted by Crippen LogP contribution is -2.50. The van der Waals surface area contributed by atoms with Gasteiger partial charge in [-0.05, 0) is 408 Å². The van der Waals surface area contributed by atoms with Gasteiger partial charge in [0.1, 0.15) is 22.4 Å². The van der Waals surface area contributed by atoms with Crippen molar-refractivity contribution < 1.29 is 38.1 Å². The predicted molar refractivity (Wildman–Crippen MR) is 368 cm³/mol. The second-order valence-electron chi connectivity index (χ2n) is 41.1. The smallest absolute Gasteiger partial charge is 0.333 e. The Bertz CT molecular complexity index is 3360. The maximum atomic E-state index is 12.4. The first-order valence-corrected chi connectivity index (χ1v) is 41.8. The molecule has 0 spiro atoms. The number of carbonyl (C=O) groups excluding carboxylic acids is 4. The van der Waals surface area contributed by atoms with E-state index in [1.165, 1.54) is 115 Å². The van der Waals surface area contributed by atoms with Crippen molar-refractivity contribution in [2.75, 3.05) is 0 Å². The SMILES string of the molecule is C=C(C)C(=O)OC1(C)CC2CC1C1C3CC(C4C5CCC(C5)C34)C21.C=C(C)C(=O)OC1(CC)CC2CC1C1C3CC(C4C5CCC(C5)C34)C21.C=CC(=O)OC1(C)CC2CC1C1C3CC(C4C5CCC(C5)C34)C21.C=CC(=O)OC1(CC)CC2CC1C1C3CC(C4C5CCC(C5)C34)C21. The van der Waals surface area contributed by atoms with Crippen molar-refractivity contribution in [2.24, 2.45) is 237 Å². The van der Waals surface area contributed by atoms with Crippen LogP contribution in [0.25, 0.3) is 0 Å². The summed E-state index contributed by atoms with van der Waals surface area (Å²) in [5, 5.41) is 0. The molecule has 24 saturated carbocycles.